The molecule has 1 heterocycles. The summed E-state index contributed by atoms with van der Waals surface area (Å²) in [5.74, 6) is 0.605. The van der Waals surface area contributed by atoms with Gasteiger partial charge in [0.15, 0.2) is 0 Å². The second-order valence-corrected chi connectivity index (χ2v) is 5.86. The van der Waals surface area contributed by atoms with Crippen LogP contribution in [0.1, 0.15) is 19.8 Å². The Bertz CT molecular complexity index is 552. The van der Waals surface area contributed by atoms with Crippen LogP contribution in [0.15, 0.2) is 24.3 Å². The zero-order chi connectivity index (χ0) is 16.8. The van der Waals surface area contributed by atoms with Crippen LogP contribution in [0, 0.1) is 5.92 Å². The van der Waals surface area contributed by atoms with E-state index >= 15 is 0 Å². The normalized spacial score (nSPS) is 15.2. The van der Waals surface area contributed by atoms with E-state index in [4.69, 9.17) is 4.74 Å². The highest BCUT2D eigenvalue weighted by molar-refractivity contribution is 5.94. The number of anilines is 1. The third-order valence-corrected chi connectivity index (χ3v) is 3.96. The van der Waals surface area contributed by atoms with E-state index in [0.717, 1.165) is 0 Å². The first-order valence-electron chi connectivity index (χ1n) is 8.01. The summed E-state index contributed by atoms with van der Waals surface area (Å²) in [7, 11) is 3.48. The van der Waals surface area contributed by atoms with Gasteiger partial charge in [-0.2, -0.15) is 0 Å². The van der Waals surface area contributed by atoms with Gasteiger partial charge in [0.05, 0.1) is 12.3 Å². The third kappa shape index (κ3) is 4.37. The average molecular weight is 319 g/mol. The molecule has 0 radical (unpaired) electrons. The largest absolute Gasteiger partial charge is 0.492 e. The van der Waals surface area contributed by atoms with Crippen LogP contribution in [0.3, 0.4) is 0 Å². The van der Waals surface area contributed by atoms with Crippen molar-refractivity contribution in [3.05, 3.63) is 24.3 Å². The van der Waals surface area contributed by atoms with Gasteiger partial charge in [0, 0.05) is 33.1 Å². The molecule has 1 aromatic carbocycles. The third-order valence-electron chi connectivity index (χ3n) is 3.96. The second-order valence-electron chi connectivity index (χ2n) is 5.86. The van der Waals surface area contributed by atoms with Crippen molar-refractivity contribution in [1.82, 2.24) is 9.80 Å². The highest BCUT2D eigenvalue weighted by Crippen LogP contribution is 2.26. The quantitative estimate of drug-likeness (QED) is 0.927. The van der Waals surface area contributed by atoms with E-state index in [-0.39, 0.29) is 17.9 Å². The molecule has 0 bridgehead atoms. The fourth-order valence-corrected chi connectivity index (χ4v) is 2.70. The SMILES string of the molecule is CCOc1ccccc1NC(=O)C1CCN(C(=O)N(C)C)CC1. The molecule has 1 aliphatic heterocycles. The standard InChI is InChI=1S/C17H25N3O3/c1-4-23-15-8-6-5-7-14(15)18-16(21)13-9-11-20(12-10-13)17(22)19(2)3/h5-8,13H,4,9-12H2,1-3H3,(H,18,21). The Balaban J connectivity index is 1.92. The number of amides is 3. The van der Waals surface area contributed by atoms with E-state index in [2.05, 4.69) is 5.32 Å². The molecule has 126 valence electrons. The number of hydrogen-bond donors (Lipinski definition) is 1. The van der Waals surface area contributed by atoms with Gasteiger partial charge in [-0.25, -0.2) is 4.79 Å². The Morgan fingerprint density at radius 3 is 2.52 bits per heavy atom. The first kappa shape index (κ1) is 17.1. The number of nitrogens with one attached hydrogen (secondary N) is 1. The summed E-state index contributed by atoms with van der Waals surface area (Å²) in [4.78, 5) is 27.7. The lowest BCUT2D eigenvalue weighted by atomic mass is 9.96. The molecular weight excluding hydrogens is 294 g/mol. The van der Waals surface area contributed by atoms with Crippen LogP contribution in [0.5, 0.6) is 5.75 Å². The van der Waals surface area contributed by atoms with Crippen LogP contribution in [0.25, 0.3) is 0 Å². The number of para-hydroxylation sites is 2. The van der Waals surface area contributed by atoms with E-state index < -0.39 is 0 Å². The molecule has 0 spiro atoms. The van der Waals surface area contributed by atoms with E-state index in [0.29, 0.717) is 44.0 Å². The Kier molecular flexibility index (Phi) is 5.84. The number of urea groups is 1. The van der Waals surface area contributed by atoms with Crippen molar-refractivity contribution in [3.8, 4) is 5.75 Å². The zero-order valence-corrected chi connectivity index (χ0v) is 14.0. The molecule has 3 amide bonds. The summed E-state index contributed by atoms with van der Waals surface area (Å²) >= 11 is 0. The van der Waals surface area contributed by atoms with E-state index in [1.807, 2.05) is 31.2 Å². The van der Waals surface area contributed by atoms with Crippen LogP contribution in [0.2, 0.25) is 0 Å². The van der Waals surface area contributed by atoms with Gasteiger partial charge in [-0.05, 0) is 31.9 Å². The predicted molar refractivity (Wildman–Crippen MR) is 89.6 cm³/mol. The summed E-state index contributed by atoms with van der Waals surface area (Å²) in [6.07, 6.45) is 1.37. The number of carbonyl (C=O) groups excluding carboxylic acids is 2. The van der Waals surface area contributed by atoms with Gasteiger partial charge >= 0.3 is 6.03 Å². The number of nitrogens with zero attached hydrogens (tertiary/aromatic N) is 2. The number of ether oxygens (including phenoxy) is 1. The van der Waals surface area contributed by atoms with Gasteiger partial charge in [-0.15, -0.1) is 0 Å². The molecule has 0 aromatic heterocycles. The van der Waals surface area contributed by atoms with Gasteiger partial charge in [-0.3, -0.25) is 4.79 Å². The maximum absolute atomic E-state index is 12.5. The van der Waals surface area contributed by atoms with Crippen LogP contribution < -0.4 is 10.1 Å². The minimum absolute atomic E-state index is 0.00514. The number of hydrogen-bond acceptors (Lipinski definition) is 3. The summed E-state index contributed by atoms with van der Waals surface area (Å²) in [6.45, 7) is 3.69. The number of likely N-dealkylation sites (tertiary alicyclic amines) is 1. The number of piperidine rings is 1. The van der Waals surface area contributed by atoms with Crippen molar-refractivity contribution < 1.29 is 14.3 Å². The summed E-state index contributed by atoms with van der Waals surface area (Å²) in [5.41, 5.74) is 0.700. The van der Waals surface area contributed by atoms with Gasteiger partial charge in [-0.1, -0.05) is 12.1 Å². The monoisotopic (exact) mass is 319 g/mol. The fourth-order valence-electron chi connectivity index (χ4n) is 2.70. The average Bonchev–Trinajstić information content (AvgIpc) is 2.56. The molecule has 0 saturated carbocycles. The van der Waals surface area contributed by atoms with Gasteiger partial charge < -0.3 is 19.9 Å². The maximum Gasteiger partial charge on any atom is 0.319 e. The fraction of sp³-hybridized carbons (Fsp3) is 0.529. The number of carbonyl (C=O) groups is 2. The number of rotatable bonds is 4. The van der Waals surface area contributed by atoms with Gasteiger partial charge in [0.25, 0.3) is 0 Å². The minimum Gasteiger partial charge on any atom is -0.492 e. The second kappa shape index (κ2) is 7.85. The molecule has 0 atom stereocenters. The molecule has 0 aliphatic carbocycles. The van der Waals surface area contributed by atoms with Gasteiger partial charge in [0.2, 0.25) is 5.91 Å². The van der Waals surface area contributed by atoms with E-state index in [1.54, 1.807) is 23.9 Å². The van der Waals surface area contributed by atoms with E-state index in [9.17, 15) is 9.59 Å². The highest BCUT2D eigenvalue weighted by atomic mass is 16.5. The molecular formula is C17H25N3O3. The van der Waals surface area contributed by atoms with Crippen LogP contribution in [0.4, 0.5) is 10.5 Å². The van der Waals surface area contributed by atoms with E-state index in [1.165, 1.54) is 0 Å². The molecule has 1 saturated heterocycles. The minimum atomic E-state index is -0.0732. The van der Waals surface area contributed by atoms with Crippen molar-refractivity contribution >= 4 is 17.6 Å². The van der Waals surface area contributed by atoms with Crippen molar-refractivity contribution in [2.75, 3.05) is 39.1 Å². The molecule has 1 aliphatic rings. The number of benzene rings is 1. The summed E-state index contributed by atoms with van der Waals surface area (Å²) in [6, 6.07) is 7.44. The van der Waals surface area contributed by atoms with Crippen LogP contribution in [-0.4, -0.2) is 55.5 Å². The summed E-state index contributed by atoms with van der Waals surface area (Å²) < 4.78 is 5.53. The maximum atomic E-state index is 12.5. The van der Waals surface area contributed by atoms with Crippen LogP contribution in [-0.2, 0) is 4.79 Å². The van der Waals surface area contributed by atoms with Crippen molar-refractivity contribution in [3.63, 3.8) is 0 Å². The Labute approximate surface area is 137 Å². The molecule has 6 nitrogen and oxygen atoms in total. The molecule has 1 N–H and O–H groups in total. The van der Waals surface area contributed by atoms with Gasteiger partial charge in [0.1, 0.15) is 5.75 Å². The Morgan fingerprint density at radius 1 is 1.26 bits per heavy atom. The first-order valence-corrected chi connectivity index (χ1v) is 8.01. The summed E-state index contributed by atoms with van der Waals surface area (Å²) in [5, 5.41) is 2.95. The lowest BCUT2D eigenvalue weighted by molar-refractivity contribution is -0.121. The lowest BCUT2D eigenvalue weighted by Crippen LogP contribution is -2.45. The molecule has 2 rings (SSSR count). The molecule has 23 heavy (non-hydrogen) atoms. The molecule has 0 unspecified atom stereocenters. The van der Waals surface area contributed by atoms with Crippen LogP contribution >= 0.6 is 0 Å². The van der Waals surface area contributed by atoms with Crippen molar-refractivity contribution in [1.29, 1.82) is 0 Å². The smallest absolute Gasteiger partial charge is 0.319 e. The zero-order valence-electron chi connectivity index (χ0n) is 14.0. The molecule has 1 fully saturated rings. The van der Waals surface area contributed by atoms with Crippen molar-refractivity contribution in [2.45, 2.75) is 19.8 Å². The molecule has 6 heteroatoms. The van der Waals surface area contributed by atoms with Crippen molar-refractivity contribution in [2.24, 2.45) is 5.92 Å². The highest BCUT2D eigenvalue weighted by Gasteiger charge is 2.28. The Morgan fingerprint density at radius 2 is 1.91 bits per heavy atom. The first-order chi connectivity index (χ1) is 11.0. The lowest BCUT2D eigenvalue weighted by Gasteiger charge is -2.33. The topological polar surface area (TPSA) is 61.9 Å². The Hall–Kier alpha value is -2.24. The molecule has 1 aromatic rings. The predicted octanol–water partition coefficient (Wildman–Crippen LogP) is 2.42.